The summed E-state index contributed by atoms with van der Waals surface area (Å²) >= 11 is 1.37. The molecule has 6 heteroatoms. The first-order valence-corrected chi connectivity index (χ1v) is 11.6. The summed E-state index contributed by atoms with van der Waals surface area (Å²) in [6.45, 7) is 6.22. The Bertz CT molecular complexity index is 1530. The maximum atomic E-state index is 12.5. The molecule has 34 heavy (non-hydrogen) atoms. The standard InChI is InChI=1S/C28H22N4OS/c1-18-17-29-28(34-18)27(33)30-23-10-6-9-21(15-23)19(2)22-12-13-24-25(31-32-26(24)16-22)14-11-20-7-4-3-5-8-20/h3-17H,2H2,1H3,(H,30,33)(H,31,32). The molecule has 0 saturated carbocycles. The van der Waals surface area contributed by atoms with Gasteiger partial charge in [-0.25, -0.2) is 4.98 Å². The number of aromatic amines is 1. The van der Waals surface area contributed by atoms with Crippen molar-refractivity contribution in [2.45, 2.75) is 6.92 Å². The molecule has 0 unspecified atom stereocenters. The highest BCUT2D eigenvalue weighted by atomic mass is 32.1. The van der Waals surface area contributed by atoms with E-state index in [1.807, 2.05) is 67.6 Å². The molecule has 0 radical (unpaired) electrons. The van der Waals surface area contributed by atoms with Crippen LogP contribution < -0.4 is 5.32 Å². The van der Waals surface area contributed by atoms with Crippen LogP contribution in [-0.4, -0.2) is 21.1 Å². The molecule has 2 aromatic heterocycles. The van der Waals surface area contributed by atoms with Crippen molar-refractivity contribution in [1.29, 1.82) is 0 Å². The third kappa shape index (κ3) is 4.58. The zero-order valence-electron chi connectivity index (χ0n) is 18.6. The Kier molecular flexibility index (Phi) is 5.89. The number of rotatable bonds is 6. The molecule has 5 nitrogen and oxygen atoms in total. The number of hydrogen-bond acceptors (Lipinski definition) is 4. The van der Waals surface area contributed by atoms with Crippen LogP contribution in [0.5, 0.6) is 0 Å². The molecule has 1 amide bonds. The predicted octanol–water partition coefficient (Wildman–Crippen LogP) is 6.81. The first-order valence-electron chi connectivity index (χ1n) is 10.8. The second kappa shape index (κ2) is 9.29. The molecule has 0 aliphatic rings. The minimum atomic E-state index is -0.212. The van der Waals surface area contributed by atoms with Gasteiger partial charge in [0.25, 0.3) is 5.91 Å². The highest BCUT2D eigenvalue weighted by molar-refractivity contribution is 7.13. The fraction of sp³-hybridized carbons (Fsp3) is 0.0357. The van der Waals surface area contributed by atoms with Crippen LogP contribution in [0.3, 0.4) is 0 Å². The lowest BCUT2D eigenvalue weighted by atomic mass is 9.98. The smallest absolute Gasteiger partial charge is 0.284 e. The average Bonchev–Trinajstić information content (AvgIpc) is 3.49. The Morgan fingerprint density at radius 1 is 1.00 bits per heavy atom. The predicted molar refractivity (Wildman–Crippen MR) is 141 cm³/mol. The van der Waals surface area contributed by atoms with Crippen LogP contribution in [-0.2, 0) is 0 Å². The number of amides is 1. The fourth-order valence-corrected chi connectivity index (χ4v) is 4.35. The number of carbonyl (C=O) groups is 1. The largest absolute Gasteiger partial charge is 0.320 e. The number of thiazole rings is 1. The first-order chi connectivity index (χ1) is 16.6. The van der Waals surface area contributed by atoms with Crippen molar-refractivity contribution in [2.75, 3.05) is 5.32 Å². The average molecular weight is 463 g/mol. The normalized spacial score (nSPS) is 11.2. The monoisotopic (exact) mass is 462 g/mol. The number of aryl methyl sites for hydroxylation is 1. The summed E-state index contributed by atoms with van der Waals surface area (Å²) in [5, 5.41) is 12.0. The van der Waals surface area contributed by atoms with Crippen LogP contribution in [0.1, 0.15) is 37.1 Å². The van der Waals surface area contributed by atoms with Crippen LogP contribution in [0.2, 0.25) is 0 Å². The van der Waals surface area contributed by atoms with E-state index in [1.54, 1.807) is 6.20 Å². The molecule has 3 aromatic carbocycles. The van der Waals surface area contributed by atoms with Gasteiger partial charge in [0.1, 0.15) is 0 Å². The second-order valence-corrected chi connectivity index (χ2v) is 9.14. The van der Waals surface area contributed by atoms with Gasteiger partial charge in [0, 0.05) is 22.1 Å². The summed E-state index contributed by atoms with van der Waals surface area (Å²) in [6.07, 6.45) is 5.76. The van der Waals surface area contributed by atoms with Crippen LogP contribution >= 0.6 is 11.3 Å². The topological polar surface area (TPSA) is 70.7 Å². The van der Waals surface area contributed by atoms with Gasteiger partial charge in [-0.1, -0.05) is 61.2 Å². The number of benzene rings is 3. The van der Waals surface area contributed by atoms with Crippen LogP contribution in [0, 0.1) is 6.92 Å². The molecular formula is C28H22N4OS. The molecule has 5 rings (SSSR count). The summed E-state index contributed by atoms with van der Waals surface area (Å²) in [7, 11) is 0. The van der Waals surface area contributed by atoms with Crippen molar-refractivity contribution < 1.29 is 4.79 Å². The molecule has 0 fully saturated rings. The summed E-state index contributed by atoms with van der Waals surface area (Å²) in [5.74, 6) is -0.212. The third-order valence-electron chi connectivity index (χ3n) is 5.46. The molecule has 0 spiro atoms. The van der Waals surface area contributed by atoms with Crippen LogP contribution in [0.25, 0.3) is 28.6 Å². The number of aromatic nitrogens is 3. The Balaban J connectivity index is 1.36. The zero-order chi connectivity index (χ0) is 23.5. The van der Waals surface area contributed by atoms with E-state index < -0.39 is 0 Å². The van der Waals surface area contributed by atoms with Gasteiger partial charge < -0.3 is 5.32 Å². The molecule has 0 atom stereocenters. The van der Waals surface area contributed by atoms with Gasteiger partial charge in [0.15, 0.2) is 5.01 Å². The minimum absolute atomic E-state index is 0.212. The first kappa shape index (κ1) is 21.6. The van der Waals surface area contributed by atoms with Crippen LogP contribution in [0.4, 0.5) is 5.69 Å². The molecule has 0 aliphatic carbocycles. The molecule has 0 saturated heterocycles. The van der Waals surface area contributed by atoms with Gasteiger partial charge in [-0.05, 0) is 59.5 Å². The van der Waals surface area contributed by atoms with Crippen molar-refractivity contribution >= 4 is 51.6 Å². The van der Waals surface area contributed by atoms with E-state index in [-0.39, 0.29) is 5.91 Å². The van der Waals surface area contributed by atoms with Crippen molar-refractivity contribution in [3.8, 4) is 0 Å². The lowest BCUT2D eigenvalue weighted by Gasteiger charge is -2.09. The van der Waals surface area contributed by atoms with Crippen molar-refractivity contribution in [3.05, 3.63) is 118 Å². The van der Waals surface area contributed by atoms with E-state index in [0.717, 1.165) is 43.7 Å². The van der Waals surface area contributed by atoms with Gasteiger partial charge in [0.05, 0.1) is 11.2 Å². The highest BCUT2D eigenvalue weighted by Crippen LogP contribution is 2.28. The number of fused-ring (bicyclic) bond motifs is 1. The molecule has 5 aromatic rings. The van der Waals surface area contributed by atoms with Gasteiger partial charge in [-0.15, -0.1) is 11.3 Å². The molecule has 0 bridgehead atoms. The van der Waals surface area contributed by atoms with Crippen molar-refractivity contribution in [2.24, 2.45) is 0 Å². The van der Waals surface area contributed by atoms with E-state index in [9.17, 15) is 4.79 Å². The Labute approximate surface area is 201 Å². The van der Waals surface area contributed by atoms with E-state index in [4.69, 9.17) is 0 Å². The molecule has 2 heterocycles. The lowest BCUT2D eigenvalue weighted by molar-refractivity contribution is 0.102. The summed E-state index contributed by atoms with van der Waals surface area (Å²) in [6, 6.07) is 24.0. The fourth-order valence-electron chi connectivity index (χ4n) is 3.69. The number of carbonyl (C=O) groups excluding carboxylic acids is 1. The number of H-pyrrole nitrogens is 1. The van der Waals surface area contributed by atoms with E-state index in [1.165, 1.54) is 11.3 Å². The van der Waals surface area contributed by atoms with E-state index in [0.29, 0.717) is 10.7 Å². The quantitative estimate of drug-likeness (QED) is 0.291. The second-order valence-electron chi connectivity index (χ2n) is 7.90. The summed E-state index contributed by atoms with van der Waals surface area (Å²) in [4.78, 5) is 17.6. The Morgan fingerprint density at radius 2 is 1.82 bits per heavy atom. The number of nitrogens with zero attached hydrogens (tertiary/aromatic N) is 2. The SMILES string of the molecule is C=C(c1cccc(NC(=O)c2ncc(C)s2)c1)c1ccc2c(C=Cc3ccccc3)n[nH]c2c1. The lowest BCUT2D eigenvalue weighted by Crippen LogP contribution is -2.11. The molecule has 0 aliphatic heterocycles. The number of hydrogen-bond donors (Lipinski definition) is 2. The molecule has 2 N–H and O–H groups in total. The van der Waals surface area contributed by atoms with Crippen molar-refractivity contribution in [1.82, 2.24) is 15.2 Å². The molecule has 166 valence electrons. The van der Waals surface area contributed by atoms with Gasteiger partial charge >= 0.3 is 0 Å². The van der Waals surface area contributed by atoms with Crippen molar-refractivity contribution in [3.63, 3.8) is 0 Å². The van der Waals surface area contributed by atoms with E-state index in [2.05, 4.69) is 51.4 Å². The molecular weight excluding hydrogens is 440 g/mol. The highest BCUT2D eigenvalue weighted by Gasteiger charge is 2.12. The maximum Gasteiger partial charge on any atom is 0.284 e. The number of nitrogens with one attached hydrogen (secondary N) is 2. The third-order valence-corrected chi connectivity index (χ3v) is 6.37. The zero-order valence-corrected chi connectivity index (χ0v) is 19.4. The summed E-state index contributed by atoms with van der Waals surface area (Å²) in [5.41, 5.74) is 6.42. The maximum absolute atomic E-state index is 12.5. The Hall–Kier alpha value is -4.29. The minimum Gasteiger partial charge on any atom is -0.320 e. The number of anilines is 1. The van der Waals surface area contributed by atoms with Gasteiger partial charge in [0.2, 0.25) is 0 Å². The van der Waals surface area contributed by atoms with Gasteiger partial charge in [-0.3, -0.25) is 9.89 Å². The van der Waals surface area contributed by atoms with E-state index >= 15 is 0 Å². The Morgan fingerprint density at radius 3 is 2.62 bits per heavy atom. The van der Waals surface area contributed by atoms with Crippen LogP contribution in [0.15, 0.2) is 85.6 Å². The summed E-state index contributed by atoms with van der Waals surface area (Å²) < 4.78 is 0. The van der Waals surface area contributed by atoms with Gasteiger partial charge in [-0.2, -0.15) is 5.10 Å².